The van der Waals surface area contributed by atoms with E-state index in [4.69, 9.17) is 9.47 Å². The number of benzene rings is 2. The van der Waals surface area contributed by atoms with Crippen LogP contribution in [0.3, 0.4) is 0 Å². The predicted molar refractivity (Wildman–Crippen MR) is 132 cm³/mol. The molecule has 4 N–H and O–H groups in total. The van der Waals surface area contributed by atoms with Gasteiger partial charge < -0.3 is 30.5 Å². The molecule has 0 unspecified atom stereocenters. The monoisotopic (exact) mass is 499 g/mol. The van der Waals surface area contributed by atoms with Gasteiger partial charge in [-0.15, -0.1) is 0 Å². The number of alkyl carbamates (subject to hydrolysis) is 1. The van der Waals surface area contributed by atoms with Gasteiger partial charge in [-0.05, 0) is 44.0 Å². The molecule has 0 aliphatic heterocycles. The van der Waals surface area contributed by atoms with E-state index in [1.165, 1.54) is 19.2 Å². The molecule has 2 aromatic rings. The molecule has 0 bridgehead atoms. The van der Waals surface area contributed by atoms with Gasteiger partial charge in [0.25, 0.3) is 0 Å². The van der Waals surface area contributed by atoms with Crippen molar-refractivity contribution in [2.75, 3.05) is 13.7 Å². The topological polar surface area (TPSA) is 143 Å². The van der Waals surface area contributed by atoms with Crippen LogP contribution in [0, 0.1) is 0 Å². The Labute approximate surface area is 210 Å². The lowest BCUT2D eigenvalue weighted by Crippen LogP contribution is -2.52. The minimum atomic E-state index is -0.997. The van der Waals surface area contributed by atoms with E-state index >= 15 is 0 Å². The number of hydrogen-bond acceptors (Lipinski definition) is 7. The van der Waals surface area contributed by atoms with Crippen molar-refractivity contribution < 1.29 is 33.8 Å². The van der Waals surface area contributed by atoms with Crippen LogP contribution >= 0.6 is 0 Å². The number of phenolic OH excluding ortho intramolecular Hbond substituents is 1. The molecular weight excluding hydrogens is 466 g/mol. The maximum Gasteiger partial charge on any atom is 0.408 e. The van der Waals surface area contributed by atoms with Crippen LogP contribution in [-0.4, -0.2) is 60.3 Å². The van der Waals surface area contributed by atoms with E-state index in [0.29, 0.717) is 5.56 Å². The van der Waals surface area contributed by atoms with Gasteiger partial charge in [0, 0.05) is 12.8 Å². The van der Waals surface area contributed by atoms with Gasteiger partial charge in [-0.1, -0.05) is 42.5 Å². The second-order valence-corrected chi connectivity index (χ2v) is 9.12. The highest BCUT2D eigenvalue weighted by atomic mass is 16.6. The number of nitrogens with one attached hydrogen (secondary N) is 3. The fourth-order valence-corrected chi connectivity index (χ4v) is 3.25. The number of phenols is 1. The fourth-order valence-electron chi connectivity index (χ4n) is 3.25. The average molecular weight is 500 g/mol. The molecule has 0 saturated carbocycles. The van der Waals surface area contributed by atoms with Crippen molar-refractivity contribution in [1.82, 2.24) is 16.0 Å². The summed E-state index contributed by atoms with van der Waals surface area (Å²) in [6.07, 6.45) is -0.453. The third-order valence-electron chi connectivity index (χ3n) is 4.91. The Morgan fingerprint density at radius 2 is 1.44 bits per heavy atom. The lowest BCUT2D eigenvalue weighted by atomic mass is 10.1. The van der Waals surface area contributed by atoms with Crippen LogP contribution in [0.1, 0.15) is 31.9 Å². The summed E-state index contributed by atoms with van der Waals surface area (Å²) in [4.78, 5) is 49.9. The Morgan fingerprint density at radius 1 is 0.861 bits per heavy atom. The van der Waals surface area contributed by atoms with Gasteiger partial charge >= 0.3 is 12.1 Å². The SMILES string of the molecule is COC(=O)[C@H](Cc1ccc(O)cc1)NC(=O)CNC(=O)[C@H](Cc1ccccc1)NC(=O)OC(C)(C)C. The number of hydrogen-bond donors (Lipinski definition) is 4. The minimum Gasteiger partial charge on any atom is -0.508 e. The van der Waals surface area contributed by atoms with Gasteiger partial charge in [-0.2, -0.15) is 0 Å². The van der Waals surface area contributed by atoms with E-state index in [2.05, 4.69) is 16.0 Å². The van der Waals surface area contributed by atoms with E-state index in [1.807, 2.05) is 30.3 Å². The molecule has 194 valence electrons. The van der Waals surface area contributed by atoms with E-state index in [9.17, 15) is 24.3 Å². The van der Waals surface area contributed by atoms with Crippen molar-refractivity contribution in [2.45, 2.75) is 51.3 Å². The van der Waals surface area contributed by atoms with Crippen LogP contribution < -0.4 is 16.0 Å². The molecule has 0 spiro atoms. The standard InChI is InChI=1S/C26H33N3O7/c1-26(2,3)36-25(34)29-20(14-17-8-6-5-7-9-17)23(32)27-16-22(31)28-21(24(33)35-4)15-18-10-12-19(30)13-11-18/h5-13,20-21,30H,14-16H2,1-4H3,(H,27,32)(H,28,31)(H,29,34)/t20-,21-/m0/s1. The first-order chi connectivity index (χ1) is 17.0. The first kappa shape index (κ1) is 28.2. The summed E-state index contributed by atoms with van der Waals surface area (Å²) in [6, 6.07) is 13.3. The third-order valence-corrected chi connectivity index (χ3v) is 4.91. The van der Waals surface area contributed by atoms with Crippen LogP contribution in [0.15, 0.2) is 54.6 Å². The second-order valence-electron chi connectivity index (χ2n) is 9.12. The quantitative estimate of drug-likeness (QED) is 0.365. The molecule has 0 aliphatic carbocycles. The lowest BCUT2D eigenvalue weighted by molar-refractivity contribution is -0.145. The summed E-state index contributed by atoms with van der Waals surface area (Å²) in [7, 11) is 1.20. The van der Waals surface area contributed by atoms with Gasteiger partial charge in [0.1, 0.15) is 23.4 Å². The normalized spacial score (nSPS) is 12.6. The largest absolute Gasteiger partial charge is 0.508 e. The number of ether oxygens (including phenoxy) is 2. The molecule has 0 saturated heterocycles. The second kappa shape index (κ2) is 13.1. The number of carbonyl (C=O) groups excluding carboxylic acids is 4. The van der Waals surface area contributed by atoms with E-state index in [1.54, 1.807) is 32.9 Å². The van der Waals surface area contributed by atoms with Crippen LogP contribution in [0.5, 0.6) is 5.75 Å². The Hall–Kier alpha value is -4.08. The summed E-state index contributed by atoms with van der Waals surface area (Å²) >= 11 is 0. The lowest BCUT2D eigenvalue weighted by Gasteiger charge is -2.23. The predicted octanol–water partition coefficient (Wildman–Crippen LogP) is 1.84. The first-order valence-electron chi connectivity index (χ1n) is 11.4. The Balaban J connectivity index is 2.01. The van der Waals surface area contributed by atoms with Crippen LogP contribution in [0.4, 0.5) is 4.79 Å². The summed E-state index contributed by atoms with van der Waals surface area (Å²) in [6.45, 7) is 4.69. The number of esters is 1. The van der Waals surface area contributed by atoms with Gasteiger partial charge in [-0.25, -0.2) is 9.59 Å². The van der Waals surface area contributed by atoms with Gasteiger partial charge in [0.2, 0.25) is 11.8 Å². The molecule has 0 heterocycles. The van der Waals surface area contributed by atoms with E-state index < -0.39 is 48.1 Å². The van der Waals surface area contributed by atoms with Crippen molar-refractivity contribution in [3.05, 3.63) is 65.7 Å². The number of aromatic hydroxyl groups is 1. The fraction of sp³-hybridized carbons (Fsp3) is 0.385. The molecule has 2 aromatic carbocycles. The first-order valence-corrected chi connectivity index (χ1v) is 11.4. The van der Waals surface area contributed by atoms with E-state index in [-0.39, 0.29) is 18.6 Å². The summed E-state index contributed by atoms with van der Waals surface area (Å²) in [5, 5.41) is 17.0. The molecule has 10 nitrogen and oxygen atoms in total. The molecule has 2 rings (SSSR count). The van der Waals surface area contributed by atoms with Crippen LogP contribution in [0.25, 0.3) is 0 Å². The smallest absolute Gasteiger partial charge is 0.408 e. The van der Waals surface area contributed by atoms with Crippen molar-refractivity contribution >= 4 is 23.9 Å². The zero-order chi connectivity index (χ0) is 26.7. The molecule has 36 heavy (non-hydrogen) atoms. The zero-order valence-electron chi connectivity index (χ0n) is 20.9. The van der Waals surface area contributed by atoms with Gasteiger partial charge in [0.05, 0.1) is 13.7 Å². The highest BCUT2D eigenvalue weighted by Crippen LogP contribution is 2.12. The van der Waals surface area contributed by atoms with Crippen molar-refractivity contribution in [2.24, 2.45) is 0 Å². The molecular formula is C26H33N3O7. The summed E-state index contributed by atoms with van der Waals surface area (Å²) in [5.41, 5.74) is 0.743. The Morgan fingerprint density at radius 3 is 2.03 bits per heavy atom. The molecule has 0 aliphatic rings. The molecule has 0 aromatic heterocycles. The number of amides is 3. The molecule has 0 radical (unpaired) electrons. The maximum atomic E-state index is 12.9. The summed E-state index contributed by atoms with van der Waals surface area (Å²) in [5.74, 6) is -1.79. The molecule has 3 amide bonds. The number of rotatable bonds is 10. The van der Waals surface area contributed by atoms with Crippen molar-refractivity contribution in [3.8, 4) is 5.75 Å². The average Bonchev–Trinajstić information content (AvgIpc) is 2.82. The van der Waals surface area contributed by atoms with Crippen LogP contribution in [0.2, 0.25) is 0 Å². The van der Waals surface area contributed by atoms with Gasteiger partial charge in [0.15, 0.2) is 0 Å². The Kier molecular flexibility index (Phi) is 10.3. The molecule has 10 heteroatoms. The minimum absolute atomic E-state index is 0.0742. The highest BCUT2D eigenvalue weighted by molar-refractivity contribution is 5.91. The molecule has 2 atom stereocenters. The van der Waals surface area contributed by atoms with E-state index in [0.717, 1.165) is 5.56 Å². The number of carbonyl (C=O) groups is 4. The van der Waals surface area contributed by atoms with Crippen LogP contribution in [-0.2, 0) is 36.7 Å². The van der Waals surface area contributed by atoms with Crippen molar-refractivity contribution in [3.63, 3.8) is 0 Å². The molecule has 0 fully saturated rings. The maximum absolute atomic E-state index is 12.9. The van der Waals surface area contributed by atoms with Crippen molar-refractivity contribution in [1.29, 1.82) is 0 Å². The van der Waals surface area contributed by atoms with Gasteiger partial charge in [-0.3, -0.25) is 9.59 Å². The summed E-state index contributed by atoms with van der Waals surface area (Å²) < 4.78 is 10.0. The number of methoxy groups -OCH3 is 1. The third kappa shape index (κ3) is 10.0. The zero-order valence-corrected chi connectivity index (χ0v) is 20.9. The Bertz CT molecular complexity index is 1030. The highest BCUT2D eigenvalue weighted by Gasteiger charge is 2.26.